The van der Waals surface area contributed by atoms with Crippen molar-refractivity contribution in [2.75, 3.05) is 17.2 Å². The van der Waals surface area contributed by atoms with Gasteiger partial charge in [0.15, 0.2) is 0 Å². The first kappa shape index (κ1) is 22.4. The molecule has 0 fully saturated rings. The maximum atomic E-state index is 12.8. The lowest BCUT2D eigenvalue weighted by molar-refractivity contribution is -0.116. The molecule has 0 unspecified atom stereocenters. The third-order valence-electron chi connectivity index (χ3n) is 5.61. The Morgan fingerprint density at radius 3 is 2.62 bits per heavy atom. The zero-order chi connectivity index (χ0) is 22.7. The van der Waals surface area contributed by atoms with Gasteiger partial charge in [-0.15, -0.1) is 11.8 Å². The molecule has 0 saturated heterocycles. The van der Waals surface area contributed by atoms with Crippen molar-refractivity contribution in [3.05, 3.63) is 93.5 Å². The minimum absolute atomic E-state index is 0.0590. The van der Waals surface area contributed by atoms with Gasteiger partial charge in [-0.3, -0.25) is 9.59 Å². The molecule has 4 nitrogen and oxygen atoms in total. The quantitative estimate of drug-likeness (QED) is 0.519. The summed E-state index contributed by atoms with van der Waals surface area (Å²) in [5, 5.41) is 3.68. The Labute approximate surface area is 198 Å². The van der Waals surface area contributed by atoms with Gasteiger partial charge in [0.05, 0.1) is 18.0 Å². The molecule has 0 saturated carbocycles. The number of benzene rings is 3. The lowest BCUT2D eigenvalue weighted by Crippen LogP contribution is -2.35. The fourth-order valence-electron chi connectivity index (χ4n) is 3.73. The molecule has 0 aliphatic carbocycles. The highest BCUT2D eigenvalue weighted by Crippen LogP contribution is 2.37. The molecule has 32 heavy (non-hydrogen) atoms. The topological polar surface area (TPSA) is 49.4 Å². The van der Waals surface area contributed by atoms with E-state index in [-0.39, 0.29) is 11.8 Å². The van der Waals surface area contributed by atoms with Crippen molar-refractivity contribution in [2.24, 2.45) is 0 Å². The van der Waals surface area contributed by atoms with Gasteiger partial charge in [0.1, 0.15) is 0 Å². The van der Waals surface area contributed by atoms with Crippen LogP contribution in [-0.2, 0) is 17.8 Å². The molecular formula is C26H25ClN2O2S. The number of carbonyl (C=O) groups is 2. The Morgan fingerprint density at radius 2 is 1.84 bits per heavy atom. The number of thioether (sulfide) groups is 1. The normalized spacial score (nSPS) is 13.1. The molecule has 164 valence electrons. The zero-order valence-electron chi connectivity index (χ0n) is 18.2. The first-order chi connectivity index (χ1) is 15.4. The van der Waals surface area contributed by atoms with Crippen molar-refractivity contribution in [3.8, 4) is 0 Å². The zero-order valence-corrected chi connectivity index (χ0v) is 19.7. The Bertz CT molecular complexity index is 1160. The predicted molar refractivity (Wildman–Crippen MR) is 132 cm³/mol. The average Bonchev–Trinajstić information content (AvgIpc) is 2.79. The molecule has 0 bridgehead atoms. The summed E-state index contributed by atoms with van der Waals surface area (Å²) in [4.78, 5) is 28.4. The van der Waals surface area contributed by atoms with Gasteiger partial charge < -0.3 is 10.2 Å². The smallest absolute Gasteiger partial charge is 0.251 e. The van der Waals surface area contributed by atoms with E-state index < -0.39 is 0 Å². The summed E-state index contributed by atoms with van der Waals surface area (Å²) in [7, 11) is 0. The van der Waals surface area contributed by atoms with Crippen molar-refractivity contribution in [1.82, 2.24) is 5.32 Å². The standard InChI is InChI=1S/C26H25ClN2O2S/c1-17-3-4-18(2)21(13-17)15-29-23-14-20(7-10-24(23)32-16-25(29)30)26(31)28-12-11-19-5-8-22(27)9-6-19/h3-10,13-14H,11-12,15-16H2,1-2H3,(H,28,31). The molecule has 3 aromatic carbocycles. The van der Waals surface area contributed by atoms with E-state index in [4.69, 9.17) is 11.6 Å². The first-order valence-electron chi connectivity index (χ1n) is 10.6. The molecule has 6 heteroatoms. The van der Waals surface area contributed by atoms with E-state index in [1.807, 2.05) is 42.5 Å². The molecule has 1 N–H and O–H groups in total. The Hall–Kier alpha value is -2.76. The Balaban J connectivity index is 1.50. The highest BCUT2D eigenvalue weighted by Gasteiger charge is 2.26. The van der Waals surface area contributed by atoms with Crippen molar-refractivity contribution in [2.45, 2.75) is 31.7 Å². The monoisotopic (exact) mass is 464 g/mol. The summed E-state index contributed by atoms with van der Waals surface area (Å²) in [6, 6.07) is 19.5. The fourth-order valence-corrected chi connectivity index (χ4v) is 4.77. The number of nitrogens with one attached hydrogen (secondary N) is 1. The summed E-state index contributed by atoms with van der Waals surface area (Å²) in [5.41, 5.74) is 5.91. The van der Waals surface area contributed by atoms with Crippen molar-refractivity contribution in [1.29, 1.82) is 0 Å². The number of anilines is 1. The number of aryl methyl sites for hydroxylation is 2. The molecule has 0 atom stereocenters. The Morgan fingerprint density at radius 1 is 1.06 bits per heavy atom. The molecule has 1 aliphatic heterocycles. The van der Waals surface area contributed by atoms with Crippen LogP contribution < -0.4 is 10.2 Å². The lowest BCUT2D eigenvalue weighted by Gasteiger charge is -2.30. The van der Waals surface area contributed by atoms with Crippen LogP contribution in [0.15, 0.2) is 65.6 Å². The second-order valence-corrected chi connectivity index (χ2v) is 9.47. The second-order valence-electron chi connectivity index (χ2n) is 8.01. The summed E-state index contributed by atoms with van der Waals surface area (Å²) in [5.74, 6) is 0.324. The molecule has 4 rings (SSSR count). The molecule has 0 radical (unpaired) electrons. The van der Waals surface area contributed by atoms with E-state index in [0.29, 0.717) is 29.4 Å². The number of fused-ring (bicyclic) bond motifs is 1. The van der Waals surface area contributed by atoms with Crippen LogP contribution in [0.5, 0.6) is 0 Å². The van der Waals surface area contributed by atoms with Crippen LogP contribution in [0, 0.1) is 13.8 Å². The van der Waals surface area contributed by atoms with E-state index in [0.717, 1.165) is 33.7 Å². The van der Waals surface area contributed by atoms with Gasteiger partial charge in [0.2, 0.25) is 5.91 Å². The number of carbonyl (C=O) groups excluding carboxylic acids is 2. The lowest BCUT2D eigenvalue weighted by atomic mass is 10.0. The van der Waals surface area contributed by atoms with Gasteiger partial charge in [-0.25, -0.2) is 0 Å². The van der Waals surface area contributed by atoms with Gasteiger partial charge in [-0.1, -0.05) is 47.5 Å². The van der Waals surface area contributed by atoms with Crippen molar-refractivity contribution in [3.63, 3.8) is 0 Å². The predicted octanol–water partition coefficient (Wildman–Crippen LogP) is 5.57. The fraction of sp³-hybridized carbons (Fsp3) is 0.231. The summed E-state index contributed by atoms with van der Waals surface area (Å²) >= 11 is 7.45. The van der Waals surface area contributed by atoms with Gasteiger partial charge in [0, 0.05) is 22.0 Å². The van der Waals surface area contributed by atoms with Crippen molar-refractivity contribution < 1.29 is 9.59 Å². The maximum Gasteiger partial charge on any atom is 0.251 e. The molecule has 0 aromatic heterocycles. The summed E-state index contributed by atoms with van der Waals surface area (Å²) < 4.78 is 0. The number of rotatable bonds is 6. The first-order valence-corrected chi connectivity index (χ1v) is 11.9. The molecule has 1 heterocycles. The largest absolute Gasteiger partial charge is 0.352 e. The number of hydrogen-bond donors (Lipinski definition) is 1. The highest BCUT2D eigenvalue weighted by atomic mass is 35.5. The molecule has 1 aliphatic rings. The third-order valence-corrected chi connectivity index (χ3v) is 6.91. The summed E-state index contributed by atoms with van der Waals surface area (Å²) in [6.07, 6.45) is 0.723. The van der Waals surface area contributed by atoms with E-state index in [9.17, 15) is 9.59 Å². The Kier molecular flexibility index (Phi) is 6.87. The van der Waals surface area contributed by atoms with Crippen LogP contribution in [0.4, 0.5) is 5.69 Å². The number of nitrogens with zero attached hydrogens (tertiary/aromatic N) is 1. The number of hydrogen-bond acceptors (Lipinski definition) is 3. The minimum Gasteiger partial charge on any atom is -0.352 e. The van der Waals surface area contributed by atoms with Crippen LogP contribution in [0.3, 0.4) is 0 Å². The SMILES string of the molecule is Cc1ccc(C)c(CN2C(=O)CSc3ccc(C(=O)NCCc4ccc(Cl)cc4)cc32)c1. The van der Waals surface area contributed by atoms with Crippen molar-refractivity contribution >= 4 is 40.9 Å². The van der Waals surface area contributed by atoms with Crippen LogP contribution in [-0.4, -0.2) is 24.1 Å². The average molecular weight is 465 g/mol. The molecule has 2 amide bonds. The molecule has 3 aromatic rings. The number of halogens is 1. The summed E-state index contributed by atoms with van der Waals surface area (Å²) in [6.45, 7) is 5.14. The van der Waals surface area contributed by atoms with Crippen LogP contribution >= 0.6 is 23.4 Å². The van der Waals surface area contributed by atoms with Crippen LogP contribution in [0.25, 0.3) is 0 Å². The van der Waals surface area contributed by atoms with Crippen LogP contribution in [0.1, 0.15) is 32.6 Å². The van der Waals surface area contributed by atoms with Gasteiger partial charge in [-0.2, -0.15) is 0 Å². The van der Waals surface area contributed by atoms with E-state index in [1.165, 1.54) is 17.3 Å². The maximum absolute atomic E-state index is 12.8. The highest BCUT2D eigenvalue weighted by molar-refractivity contribution is 8.00. The second kappa shape index (κ2) is 9.80. The van der Waals surface area contributed by atoms with E-state index >= 15 is 0 Å². The van der Waals surface area contributed by atoms with E-state index in [1.54, 1.807) is 4.90 Å². The van der Waals surface area contributed by atoms with Crippen LogP contribution in [0.2, 0.25) is 5.02 Å². The minimum atomic E-state index is -0.142. The van der Waals surface area contributed by atoms with Gasteiger partial charge in [-0.05, 0) is 67.3 Å². The molecular weight excluding hydrogens is 440 g/mol. The van der Waals surface area contributed by atoms with Gasteiger partial charge >= 0.3 is 0 Å². The molecule has 0 spiro atoms. The number of amides is 2. The third kappa shape index (κ3) is 5.17. The van der Waals surface area contributed by atoms with Gasteiger partial charge in [0.25, 0.3) is 5.91 Å². The van der Waals surface area contributed by atoms with E-state index in [2.05, 4.69) is 37.4 Å².